The average molecular weight is 280 g/mol. The van der Waals surface area contributed by atoms with Gasteiger partial charge in [0, 0.05) is 5.88 Å². The Morgan fingerprint density at radius 1 is 1.23 bits per heavy atom. The first kappa shape index (κ1) is 10.7. The average Bonchev–Trinajstić information content (AvgIpc) is 2.44. The summed E-state index contributed by atoms with van der Waals surface area (Å²) in [7, 11) is 0. The van der Waals surface area contributed by atoms with Gasteiger partial charge in [-0.15, -0.1) is 34.8 Å². The van der Waals surface area contributed by atoms with Gasteiger partial charge < -0.3 is 0 Å². The summed E-state index contributed by atoms with van der Waals surface area (Å²) in [5.74, 6) is 0.599. The third-order valence-corrected chi connectivity index (χ3v) is 5.74. The Balaban J connectivity index is 2.46. The summed E-state index contributed by atoms with van der Waals surface area (Å²) >= 11 is 30.5. The Morgan fingerprint density at radius 3 is 2.23 bits per heavy atom. The van der Waals surface area contributed by atoms with Crippen molar-refractivity contribution in [3.05, 3.63) is 10.1 Å². The first-order chi connectivity index (χ1) is 5.94. The molecule has 0 saturated heterocycles. The fourth-order valence-corrected chi connectivity index (χ4v) is 4.46. The lowest BCUT2D eigenvalue weighted by Crippen LogP contribution is -2.28. The summed E-state index contributed by atoms with van der Waals surface area (Å²) in [6.45, 7) is 0. The quantitative estimate of drug-likeness (QED) is 0.628. The monoisotopic (exact) mass is 278 g/mol. The van der Waals surface area contributed by atoms with Gasteiger partial charge in [0.1, 0.15) is 0 Å². The lowest BCUT2D eigenvalue weighted by Gasteiger charge is -2.28. The molecule has 0 aromatic carbocycles. The van der Waals surface area contributed by atoms with Crippen molar-refractivity contribution in [3.8, 4) is 0 Å². The molecule has 5 heteroatoms. The molecule has 0 aliphatic heterocycles. The third kappa shape index (κ3) is 1.26. The Morgan fingerprint density at radius 2 is 1.85 bits per heavy atom. The van der Waals surface area contributed by atoms with Gasteiger partial charge in [-0.2, -0.15) is 0 Å². The van der Waals surface area contributed by atoms with Crippen molar-refractivity contribution in [1.82, 2.24) is 0 Å². The van der Waals surface area contributed by atoms with Crippen molar-refractivity contribution >= 4 is 58.0 Å². The van der Waals surface area contributed by atoms with Gasteiger partial charge in [0.05, 0.1) is 19.8 Å². The number of halogens is 5. The van der Waals surface area contributed by atoms with Crippen molar-refractivity contribution in [3.63, 3.8) is 0 Å². The molecule has 0 unspecified atom stereocenters. The second kappa shape index (κ2) is 3.09. The van der Waals surface area contributed by atoms with E-state index in [1.165, 1.54) is 0 Å². The first-order valence-electron chi connectivity index (χ1n) is 3.94. The van der Waals surface area contributed by atoms with Crippen molar-refractivity contribution in [2.45, 2.75) is 22.6 Å². The van der Waals surface area contributed by atoms with Gasteiger partial charge in [0.2, 0.25) is 0 Å². The molecule has 74 valence electrons. The van der Waals surface area contributed by atoms with Crippen LogP contribution < -0.4 is 0 Å². The lowest BCUT2D eigenvalue weighted by molar-refractivity contribution is 0.520. The molecule has 3 atom stereocenters. The first-order valence-corrected chi connectivity index (χ1v) is 5.99. The molecule has 2 aliphatic carbocycles. The van der Waals surface area contributed by atoms with Gasteiger partial charge >= 0.3 is 0 Å². The molecule has 0 aromatic rings. The van der Waals surface area contributed by atoms with E-state index in [9.17, 15) is 0 Å². The van der Waals surface area contributed by atoms with Gasteiger partial charge in [-0.25, -0.2) is 0 Å². The van der Waals surface area contributed by atoms with Crippen molar-refractivity contribution in [2.24, 2.45) is 5.92 Å². The van der Waals surface area contributed by atoms with E-state index in [2.05, 4.69) is 0 Å². The van der Waals surface area contributed by atoms with Crippen molar-refractivity contribution in [1.29, 1.82) is 0 Å². The predicted octanol–water partition coefficient (Wildman–Crippen LogP) is 4.29. The summed E-state index contributed by atoms with van der Waals surface area (Å²) < 4.78 is 0. The van der Waals surface area contributed by atoms with Gasteiger partial charge in [0.15, 0.2) is 0 Å². The zero-order chi connectivity index (χ0) is 9.85. The van der Waals surface area contributed by atoms with Crippen LogP contribution in [0.15, 0.2) is 10.1 Å². The van der Waals surface area contributed by atoms with Crippen LogP contribution in [0.25, 0.3) is 0 Å². The molecule has 1 saturated carbocycles. The molecule has 2 aliphatic rings. The molecule has 0 N–H and O–H groups in total. The molecular weight excluding hydrogens is 273 g/mol. The van der Waals surface area contributed by atoms with E-state index in [1.807, 2.05) is 0 Å². The van der Waals surface area contributed by atoms with Crippen LogP contribution in [0.5, 0.6) is 0 Å². The van der Waals surface area contributed by atoms with Gasteiger partial charge in [-0.1, -0.05) is 23.2 Å². The van der Waals surface area contributed by atoms with Crippen LogP contribution >= 0.6 is 58.0 Å². The van der Waals surface area contributed by atoms with Crippen LogP contribution in [-0.4, -0.2) is 15.6 Å². The second-order valence-corrected chi connectivity index (χ2v) is 6.15. The number of rotatable bonds is 1. The predicted molar refractivity (Wildman–Crippen MR) is 59.3 cm³/mol. The minimum atomic E-state index is -0.609. The highest BCUT2D eigenvalue weighted by Crippen LogP contribution is 2.65. The van der Waals surface area contributed by atoms with Crippen LogP contribution in [0.1, 0.15) is 12.8 Å². The Bertz CT molecular complexity index is 286. The van der Waals surface area contributed by atoms with Crippen LogP contribution in [0.2, 0.25) is 0 Å². The van der Waals surface area contributed by atoms with Gasteiger partial charge in [-0.05, 0) is 18.8 Å². The van der Waals surface area contributed by atoms with Crippen LogP contribution in [-0.2, 0) is 0 Å². The molecule has 0 aromatic heterocycles. The van der Waals surface area contributed by atoms with E-state index >= 15 is 0 Å². The number of alkyl halides is 3. The fraction of sp³-hybridized carbons (Fsp3) is 0.750. The van der Waals surface area contributed by atoms with Crippen molar-refractivity contribution < 1.29 is 0 Å². The topological polar surface area (TPSA) is 0 Å². The molecule has 0 heterocycles. The van der Waals surface area contributed by atoms with Gasteiger partial charge in [0.25, 0.3) is 0 Å². The maximum Gasteiger partial charge on any atom is 0.0873 e. The van der Waals surface area contributed by atoms with E-state index in [4.69, 9.17) is 58.0 Å². The van der Waals surface area contributed by atoms with Crippen LogP contribution in [0.4, 0.5) is 0 Å². The SMILES string of the molecule is ClC[C@H]1C[C@]2(Cl)C[C@@]1(Cl)C(Cl)=C2Cl. The van der Waals surface area contributed by atoms with E-state index in [1.54, 1.807) is 0 Å². The molecule has 0 amide bonds. The Labute approximate surface area is 102 Å². The maximum absolute atomic E-state index is 6.35. The van der Waals surface area contributed by atoms with E-state index in [-0.39, 0.29) is 5.92 Å². The smallest absolute Gasteiger partial charge is 0.0873 e. The number of allylic oxidation sites excluding steroid dienone is 2. The number of hydrogen-bond donors (Lipinski definition) is 0. The summed E-state index contributed by atoms with van der Waals surface area (Å²) in [4.78, 5) is -1.16. The molecule has 0 nitrogen and oxygen atoms in total. The zero-order valence-corrected chi connectivity index (χ0v) is 10.4. The van der Waals surface area contributed by atoms with E-state index in [0.717, 1.165) is 6.42 Å². The van der Waals surface area contributed by atoms with Crippen LogP contribution in [0, 0.1) is 5.92 Å². The summed E-state index contributed by atoms with van der Waals surface area (Å²) in [5.41, 5.74) is 0. The highest BCUT2D eigenvalue weighted by atomic mass is 35.5. The number of hydrogen-bond acceptors (Lipinski definition) is 0. The minimum absolute atomic E-state index is 0.128. The zero-order valence-electron chi connectivity index (χ0n) is 6.59. The van der Waals surface area contributed by atoms with Gasteiger partial charge in [-0.3, -0.25) is 0 Å². The maximum atomic E-state index is 6.35. The largest absolute Gasteiger partial charge is 0.126 e. The molecule has 2 rings (SSSR count). The summed E-state index contributed by atoms with van der Waals surface area (Å²) in [5, 5.41) is 0.995. The molecule has 2 bridgehead atoms. The Hall–Kier alpha value is 1.19. The second-order valence-electron chi connectivity index (χ2n) is 3.69. The summed E-state index contributed by atoms with van der Waals surface area (Å²) in [6.07, 6.45) is 1.31. The minimum Gasteiger partial charge on any atom is -0.126 e. The molecular formula is C8H7Cl5. The highest BCUT2D eigenvalue weighted by molar-refractivity contribution is 6.51. The number of fused-ring (bicyclic) bond motifs is 2. The molecule has 13 heavy (non-hydrogen) atoms. The normalized spacial score (nSPS) is 49.2. The standard InChI is InChI=1S/C8H7Cl5/c9-2-4-1-7(12)3-8(4,13)6(11)5(7)10/h4H,1-3H2/t4-,7+,8+/m1/s1. The van der Waals surface area contributed by atoms with E-state index in [0.29, 0.717) is 22.4 Å². The lowest BCUT2D eigenvalue weighted by atomic mass is 9.94. The molecule has 0 radical (unpaired) electrons. The van der Waals surface area contributed by atoms with Crippen LogP contribution in [0.3, 0.4) is 0 Å². The molecule has 0 spiro atoms. The molecule has 1 fully saturated rings. The highest BCUT2D eigenvalue weighted by Gasteiger charge is 2.62. The Kier molecular flexibility index (Phi) is 2.54. The van der Waals surface area contributed by atoms with Crippen molar-refractivity contribution in [2.75, 3.05) is 5.88 Å². The summed E-state index contributed by atoms with van der Waals surface area (Å²) in [6, 6.07) is 0. The third-order valence-electron chi connectivity index (χ3n) is 2.89. The fourth-order valence-electron chi connectivity index (χ4n) is 2.16. The van der Waals surface area contributed by atoms with E-state index < -0.39 is 9.75 Å².